The third-order valence-electron chi connectivity index (χ3n) is 4.93. The number of rotatable bonds is 3. The van der Waals surface area contributed by atoms with Gasteiger partial charge in [-0.15, -0.1) is 0 Å². The van der Waals surface area contributed by atoms with Crippen molar-refractivity contribution < 1.29 is 14.3 Å². The van der Waals surface area contributed by atoms with E-state index in [1.54, 1.807) is 4.90 Å². The molecular formula is C23H28BrN3O3. The minimum Gasteiger partial charge on any atom is -0.444 e. The largest absolute Gasteiger partial charge is 0.444 e. The number of pyridine rings is 1. The first-order chi connectivity index (χ1) is 14.1. The number of hydrogen-bond donors (Lipinski definition) is 1. The van der Waals surface area contributed by atoms with E-state index in [-0.39, 0.29) is 18.0 Å². The highest BCUT2D eigenvalue weighted by atomic mass is 79.9. The van der Waals surface area contributed by atoms with Gasteiger partial charge >= 0.3 is 6.09 Å². The molecule has 0 atom stereocenters. The molecule has 1 aromatic carbocycles. The van der Waals surface area contributed by atoms with Gasteiger partial charge in [-0.25, -0.2) is 4.79 Å². The lowest BCUT2D eigenvalue weighted by atomic mass is 10.0. The molecule has 0 bridgehead atoms. The van der Waals surface area contributed by atoms with Crippen LogP contribution in [0.25, 0.3) is 11.3 Å². The average molecular weight is 474 g/mol. The van der Waals surface area contributed by atoms with Crippen LogP contribution >= 0.6 is 15.9 Å². The number of ether oxygens (including phenoxy) is 1. The zero-order valence-electron chi connectivity index (χ0n) is 17.9. The number of benzene rings is 1. The summed E-state index contributed by atoms with van der Waals surface area (Å²) in [6, 6.07) is 11.6. The van der Waals surface area contributed by atoms with Gasteiger partial charge < -0.3 is 15.0 Å². The Labute approximate surface area is 186 Å². The molecule has 1 aromatic heterocycles. The maximum atomic E-state index is 12.8. The second-order valence-electron chi connectivity index (χ2n) is 8.55. The van der Waals surface area contributed by atoms with Gasteiger partial charge in [0.05, 0.1) is 17.0 Å². The number of amides is 2. The molecule has 7 heteroatoms. The van der Waals surface area contributed by atoms with E-state index in [0.29, 0.717) is 37.2 Å². The number of carbonyl (C=O) groups is 2. The van der Waals surface area contributed by atoms with E-state index in [4.69, 9.17) is 4.74 Å². The summed E-state index contributed by atoms with van der Waals surface area (Å²) in [6.45, 7) is 8.56. The molecule has 1 N–H and O–H groups in total. The molecule has 3 rings (SSSR count). The second-order valence-corrected chi connectivity index (χ2v) is 9.47. The Balaban J connectivity index is 1.58. The van der Waals surface area contributed by atoms with E-state index in [9.17, 15) is 9.59 Å². The summed E-state index contributed by atoms with van der Waals surface area (Å²) in [5.41, 5.74) is 2.58. The van der Waals surface area contributed by atoms with Crippen molar-refractivity contribution in [2.45, 2.75) is 52.2 Å². The number of aryl methyl sites for hydroxylation is 1. The number of carbonyl (C=O) groups excluding carboxylic acids is 2. The van der Waals surface area contributed by atoms with Gasteiger partial charge in [-0.2, -0.15) is 0 Å². The third kappa shape index (κ3) is 5.81. The first kappa shape index (κ1) is 22.3. The summed E-state index contributed by atoms with van der Waals surface area (Å²) in [5, 5.41) is 3.09. The Morgan fingerprint density at radius 2 is 1.87 bits per heavy atom. The van der Waals surface area contributed by atoms with E-state index in [1.165, 1.54) is 0 Å². The molecule has 0 spiro atoms. The molecule has 6 nitrogen and oxygen atoms in total. The fourth-order valence-corrected chi connectivity index (χ4v) is 3.80. The molecule has 0 radical (unpaired) electrons. The van der Waals surface area contributed by atoms with Crippen LogP contribution in [0, 0.1) is 6.92 Å². The van der Waals surface area contributed by atoms with Crippen LogP contribution in [0.2, 0.25) is 0 Å². The van der Waals surface area contributed by atoms with Crippen molar-refractivity contribution in [2.75, 3.05) is 13.1 Å². The number of nitrogens with zero attached hydrogens (tertiary/aromatic N) is 2. The van der Waals surface area contributed by atoms with Gasteiger partial charge in [0.15, 0.2) is 0 Å². The van der Waals surface area contributed by atoms with Crippen molar-refractivity contribution in [1.82, 2.24) is 15.2 Å². The van der Waals surface area contributed by atoms with E-state index in [1.807, 2.05) is 64.1 Å². The summed E-state index contributed by atoms with van der Waals surface area (Å²) < 4.78 is 6.41. The highest BCUT2D eigenvalue weighted by molar-refractivity contribution is 9.10. The third-order valence-corrected chi connectivity index (χ3v) is 5.43. The first-order valence-corrected chi connectivity index (χ1v) is 10.9. The second kappa shape index (κ2) is 9.16. The normalized spacial score (nSPS) is 15.0. The zero-order valence-corrected chi connectivity index (χ0v) is 19.5. The summed E-state index contributed by atoms with van der Waals surface area (Å²) in [7, 11) is 0. The molecule has 30 heavy (non-hydrogen) atoms. The predicted molar refractivity (Wildman–Crippen MR) is 120 cm³/mol. The molecule has 0 aliphatic carbocycles. The number of hydrogen-bond acceptors (Lipinski definition) is 4. The minimum absolute atomic E-state index is 0.0281. The van der Waals surface area contributed by atoms with Crippen molar-refractivity contribution in [2.24, 2.45) is 0 Å². The highest BCUT2D eigenvalue weighted by Crippen LogP contribution is 2.23. The number of halogens is 1. The molecule has 160 valence electrons. The zero-order chi connectivity index (χ0) is 21.9. The fraction of sp³-hybridized carbons (Fsp3) is 0.435. The van der Waals surface area contributed by atoms with E-state index >= 15 is 0 Å². The topological polar surface area (TPSA) is 71.5 Å². The van der Waals surface area contributed by atoms with Crippen LogP contribution in [0.5, 0.6) is 0 Å². The molecule has 2 aromatic rings. The Morgan fingerprint density at radius 1 is 1.17 bits per heavy atom. The number of aromatic nitrogens is 1. The Morgan fingerprint density at radius 3 is 2.47 bits per heavy atom. The van der Waals surface area contributed by atoms with E-state index in [0.717, 1.165) is 15.7 Å². The molecular weight excluding hydrogens is 446 g/mol. The standard InChI is InChI=1S/C23H28BrN3O3/c1-15-19(8-9-20(25-15)16-6-5-7-17(24)14-16)21(28)26-18-10-12-27(13-11-18)22(29)30-23(2,3)4/h5-9,14,18H,10-13H2,1-4H3,(H,26,28). The van der Waals surface area contributed by atoms with Gasteiger partial charge in [0.2, 0.25) is 0 Å². The maximum absolute atomic E-state index is 12.8. The molecule has 1 aliphatic rings. The summed E-state index contributed by atoms with van der Waals surface area (Å²) in [5.74, 6) is -0.128. The Kier molecular flexibility index (Phi) is 6.81. The lowest BCUT2D eigenvalue weighted by Gasteiger charge is -2.33. The SMILES string of the molecule is Cc1nc(-c2cccc(Br)c2)ccc1C(=O)NC1CCN(C(=O)OC(C)(C)C)CC1. The lowest BCUT2D eigenvalue weighted by molar-refractivity contribution is 0.0199. The average Bonchev–Trinajstić information content (AvgIpc) is 2.67. The van der Waals surface area contributed by atoms with E-state index < -0.39 is 5.60 Å². The molecule has 2 heterocycles. The molecule has 1 aliphatic heterocycles. The van der Waals surface area contributed by atoms with Crippen LogP contribution in [0.1, 0.15) is 49.7 Å². The van der Waals surface area contributed by atoms with Gasteiger partial charge in [0.1, 0.15) is 5.60 Å². The molecule has 0 unspecified atom stereocenters. The van der Waals surface area contributed by atoms with Gasteiger partial charge in [-0.05, 0) is 64.8 Å². The minimum atomic E-state index is -0.505. The lowest BCUT2D eigenvalue weighted by Crippen LogP contribution is -2.47. The van der Waals surface area contributed by atoms with Crippen LogP contribution in [0.15, 0.2) is 40.9 Å². The van der Waals surface area contributed by atoms with Crippen molar-refractivity contribution in [3.63, 3.8) is 0 Å². The Hall–Kier alpha value is -2.41. The van der Waals surface area contributed by atoms with Crippen molar-refractivity contribution >= 4 is 27.9 Å². The molecule has 1 saturated heterocycles. The molecule has 2 amide bonds. The van der Waals surface area contributed by atoms with Crippen molar-refractivity contribution in [1.29, 1.82) is 0 Å². The monoisotopic (exact) mass is 473 g/mol. The van der Waals surface area contributed by atoms with Gasteiger partial charge in [0, 0.05) is 29.2 Å². The van der Waals surface area contributed by atoms with Crippen molar-refractivity contribution in [3.8, 4) is 11.3 Å². The van der Waals surface area contributed by atoms with Crippen LogP contribution in [0.4, 0.5) is 4.79 Å². The van der Waals surface area contributed by atoms with Crippen LogP contribution in [0.3, 0.4) is 0 Å². The maximum Gasteiger partial charge on any atom is 0.410 e. The van der Waals surface area contributed by atoms with Crippen molar-refractivity contribution in [3.05, 3.63) is 52.1 Å². The first-order valence-electron chi connectivity index (χ1n) is 10.1. The van der Waals surface area contributed by atoms with Crippen LogP contribution < -0.4 is 5.32 Å². The fourth-order valence-electron chi connectivity index (χ4n) is 3.41. The van der Waals surface area contributed by atoms with Crippen LogP contribution in [-0.4, -0.2) is 46.6 Å². The summed E-state index contributed by atoms with van der Waals surface area (Å²) in [4.78, 5) is 31.3. The predicted octanol–water partition coefficient (Wildman–Crippen LogP) is 4.95. The smallest absolute Gasteiger partial charge is 0.410 e. The number of piperidine rings is 1. The Bertz CT molecular complexity index is 932. The summed E-state index contributed by atoms with van der Waals surface area (Å²) >= 11 is 3.47. The molecule has 1 fully saturated rings. The highest BCUT2D eigenvalue weighted by Gasteiger charge is 2.28. The number of likely N-dealkylation sites (tertiary alicyclic amines) is 1. The van der Waals surface area contributed by atoms with Crippen LogP contribution in [-0.2, 0) is 4.74 Å². The molecule has 0 saturated carbocycles. The van der Waals surface area contributed by atoms with Gasteiger partial charge in [-0.1, -0.05) is 28.1 Å². The van der Waals surface area contributed by atoms with E-state index in [2.05, 4.69) is 26.2 Å². The summed E-state index contributed by atoms with van der Waals surface area (Å²) in [6.07, 6.45) is 1.11. The number of nitrogens with one attached hydrogen (secondary N) is 1. The quantitative estimate of drug-likeness (QED) is 0.684. The van der Waals surface area contributed by atoms with Gasteiger partial charge in [0.25, 0.3) is 5.91 Å². The van der Waals surface area contributed by atoms with Gasteiger partial charge in [-0.3, -0.25) is 9.78 Å².